The Morgan fingerprint density at radius 2 is 1.47 bits per heavy atom. The molecule has 2 aliphatic rings. The molecule has 2 unspecified atom stereocenters. The molecule has 0 heterocycles. The molecule has 2 rings (SSSR count). The number of rotatable bonds is 5. The molecule has 2 fully saturated rings. The van der Waals surface area contributed by atoms with E-state index in [-0.39, 0.29) is 0 Å². The monoisotopic (exact) mass is 266 g/mol. The van der Waals surface area contributed by atoms with Gasteiger partial charge in [0.05, 0.1) is 0 Å². The van der Waals surface area contributed by atoms with Crippen molar-refractivity contribution in [2.75, 3.05) is 27.2 Å². The highest BCUT2D eigenvalue weighted by atomic mass is 15.1. The highest BCUT2D eigenvalue weighted by Gasteiger charge is 2.24. The average Bonchev–Trinajstić information content (AvgIpc) is 2.64. The molecule has 112 valence electrons. The third-order valence-electron chi connectivity index (χ3n) is 5.37. The van der Waals surface area contributed by atoms with E-state index in [4.69, 9.17) is 0 Å². The predicted octanol–water partition coefficient (Wildman–Crippen LogP) is 3.67. The molecule has 19 heavy (non-hydrogen) atoms. The standard InChI is InChI=1S/C17H34N2/c1-18-17-12-8-4-7-11-16(17)14-19(2)13-15-9-5-3-6-10-15/h15-18H,3-14H2,1-2H3. The van der Waals surface area contributed by atoms with Gasteiger partial charge in [0, 0.05) is 19.1 Å². The zero-order valence-electron chi connectivity index (χ0n) is 13.2. The summed E-state index contributed by atoms with van der Waals surface area (Å²) in [5.74, 6) is 1.86. The van der Waals surface area contributed by atoms with Gasteiger partial charge in [-0.1, -0.05) is 38.5 Å². The van der Waals surface area contributed by atoms with Crippen molar-refractivity contribution >= 4 is 0 Å². The highest BCUT2D eigenvalue weighted by molar-refractivity contribution is 4.81. The van der Waals surface area contributed by atoms with Crippen molar-refractivity contribution in [2.24, 2.45) is 11.8 Å². The average molecular weight is 266 g/mol. The summed E-state index contributed by atoms with van der Waals surface area (Å²) in [6.07, 6.45) is 14.5. The molecule has 1 N–H and O–H groups in total. The Kier molecular flexibility index (Phi) is 6.66. The van der Waals surface area contributed by atoms with Crippen molar-refractivity contribution in [1.29, 1.82) is 0 Å². The van der Waals surface area contributed by atoms with E-state index in [1.807, 2.05) is 0 Å². The Morgan fingerprint density at radius 1 is 0.842 bits per heavy atom. The maximum Gasteiger partial charge on any atom is 0.0104 e. The van der Waals surface area contributed by atoms with Crippen LogP contribution in [-0.4, -0.2) is 38.1 Å². The predicted molar refractivity (Wildman–Crippen MR) is 83.5 cm³/mol. The third-order valence-corrected chi connectivity index (χ3v) is 5.37. The SMILES string of the molecule is CNC1CCCCCC1CN(C)CC1CCCCC1. The molecule has 0 aliphatic heterocycles. The molecule has 2 saturated carbocycles. The molecule has 0 radical (unpaired) electrons. The van der Waals surface area contributed by atoms with Gasteiger partial charge in [-0.15, -0.1) is 0 Å². The zero-order chi connectivity index (χ0) is 13.5. The van der Waals surface area contributed by atoms with Crippen LogP contribution in [0.25, 0.3) is 0 Å². The number of hydrogen-bond acceptors (Lipinski definition) is 2. The molecular formula is C17H34N2. The zero-order valence-corrected chi connectivity index (χ0v) is 13.2. The van der Waals surface area contributed by atoms with Gasteiger partial charge in [0.1, 0.15) is 0 Å². The molecule has 0 aromatic rings. The summed E-state index contributed by atoms with van der Waals surface area (Å²) in [6.45, 7) is 2.65. The van der Waals surface area contributed by atoms with Gasteiger partial charge >= 0.3 is 0 Å². The molecule has 0 bridgehead atoms. The summed E-state index contributed by atoms with van der Waals surface area (Å²) < 4.78 is 0. The van der Waals surface area contributed by atoms with E-state index in [9.17, 15) is 0 Å². The summed E-state index contributed by atoms with van der Waals surface area (Å²) >= 11 is 0. The van der Waals surface area contributed by atoms with Crippen molar-refractivity contribution in [3.05, 3.63) is 0 Å². The lowest BCUT2D eigenvalue weighted by Gasteiger charge is -2.32. The highest BCUT2D eigenvalue weighted by Crippen LogP contribution is 2.27. The van der Waals surface area contributed by atoms with E-state index in [0.29, 0.717) is 0 Å². The van der Waals surface area contributed by atoms with Crippen LogP contribution in [0, 0.1) is 11.8 Å². The molecule has 0 aromatic heterocycles. The van der Waals surface area contributed by atoms with Gasteiger partial charge < -0.3 is 10.2 Å². The van der Waals surface area contributed by atoms with Gasteiger partial charge in [-0.3, -0.25) is 0 Å². The summed E-state index contributed by atoms with van der Waals surface area (Å²) in [5.41, 5.74) is 0. The number of nitrogens with zero attached hydrogens (tertiary/aromatic N) is 1. The van der Waals surface area contributed by atoms with Crippen molar-refractivity contribution in [3.8, 4) is 0 Å². The van der Waals surface area contributed by atoms with Crippen LogP contribution in [0.15, 0.2) is 0 Å². The van der Waals surface area contributed by atoms with Crippen LogP contribution in [-0.2, 0) is 0 Å². The van der Waals surface area contributed by atoms with Crippen LogP contribution in [0.1, 0.15) is 64.2 Å². The normalized spacial score (nSPS) is 30.5. The van der Waals surface area contributed by atoms with Crippen LogP contribution >= 0.6 is 0 Å². The van der Waals surface area contributed by atoms with Gasteiger partial charge in [-0.25, -0.2) is 0 Å². The van der Waals surface area contributed by atoms with Crippen LogP contribution in [0.5, 0.6) is 0 Å². The molecule has 0 spiro atoms. The molecule has 2 atom stereocenters. The smallest absolute Gasteiger partial charge is 0.0104 e. The number of nitrogens with one attached hydrogen (secondary N) is 1. The Balaban J connectivity index is 1.76. The molecule has 2 nitrogen and oxygen atoms in total. The second-order valence-corrected chi connectivity index (χ2v) is 7.02. The minimum Gasteiger partial charge on any atom is -0.317 e. The lowest BCUT2D eigenvalue weighted by molar-refractivity contribution is 0.185. The van der Waals surface area contributed by atoms with Gasteiger partial charge in [0.25, 0.3) is 0 Å². The first kappa shape index (κ1) is 15.3. The Morgan fingerprint density at radius 3 is 2.16 bits per heavy atom. The molecular weight excluding hydrogens is 232 g/mol. The summed E-state index contributed by atoms with van der Waals surface area (Å²) in [5, 5.41) is 3.58. The Hall–Kier alpha value is -0.0800. The second-order valence-electron chi connectivity index (χ2n) is 7.02. The minimum absolute atomic E-state index is 0.760. The topological polar surface area (TPSA) is 15.3 Å². The fraction of sp³-hybridized carbons (Fsp3) is 1.00. The first-order chi connectivity index (χ1) is 9.29. The van der Waals surface area contributed by atoms with Gasteiger partial charge in [0.15, 0.2) is 0 Å². The van der Waals surface area contributed by atoms with E-state index < -0.39 is 0 Å². The molecule has 0 amide bonds. The maximum absolute atomic E-state index is 3.58. The minimum atomic E-state index is 0.760. The van der Waals surface area contributed by atoms with Crippen molar-refractivity contribution < 1.29 is 0 Å². The van der Waals surface area contributed by atoms with E-state index in [2.05, 4.69) is 24.3 Å². The van der Waals surface area contributed by atoms with Crippen molar-refractivity contribution in [1.82, 2.24) is 10.2 Å². The maximum atomic E-state index is 3.58. The molecule has 0 saturated heterocycles. The second kappa shape index (κ2) is 8.26. The van der Waals surface area contributed by atoms with E-state index in [1.54, 1.807) is 0 Å². The molecule has 0 aromatic carbocycles. The Bertz CT molecular complexity index is 235. The summed E-state index contributed by atoms with van der Waals surface area (Å²) in [7, 11) is 4.51. The van der Waals surface area contributed by atoms with E-state index >= 15 is 0 Å². The quantitative estimate of drug-likeness (QED) is 0.764. The van der Waals surface area contributed by atoms with E-state index in [1.165, 1.54) is 77.3 Å². The van der Waals surface area contributed by atoms with Crippen LogP contribution in [0.4, 0.5) is 0 Å². The third kappa shape index (κ3) is 5.07. The first-order valence-electron chi connectivity index (χ1n) is 8.65. The fourth-order valence-electron chi connectivity index (χ4n) is 4.27. The van der Waals surface area contributed by atoms with Gasteiger partial charge in [-0.2, -0.15) is 0 Å². The molecule has 2 aliphatic carbocycles. The van der Waals surface area contributed by atoms with Crippen LogP contribution in [0.3, 0.4) is 0 Å². The Labute approximate surface area is 120 Å². The summed E-state index contributed by atoms with van der Waals surface area (Å²) in [4.78, 5) is 2.64. The lowest BCUT2D eigenvalue weighted by Crippen LogP contribution is -2.40. The molecule has 2 heteroatoms. The lowest BCUT2D eigenvalue weighted by atomic mass is 9.88. The largest absolute Gasteiger partial charge is 0.317 e. The van der Waals surface area contributed by atoms with Crippen LogP contribution < -0.4 is 5.32 Å². The van der Waals surface area contributed by atoms with Crippen molar-refractivity contribution in [2.45, 2.75) is 70.3 Å². The first-order valence-corrected chi connectivity index (χ1v) is 8.65. The number of hydrogen-bond donors (Lipinski definition) is 1. The van der Waals surface area contributed by atoms with Crippen LogP contribution in [0.2, 0.25) is 0 Å². The fourth-order valence-corrected chi connectivity index (χ4v) is 4.27. The van der Waals surface area contributed by atoms with Gasteiger partial charge in [0.2, 0.25) is 0 Å². The van der Waals surface area contributed by atoms with Crippen molar-refractivity contribution in [3.63, 3.8) is 0 Å². The summed E-state index contributed by atoms with van der Waals surface area (Å²) in [6, 6.07) is 0.760. The van der Waals surface area contributed by atoms with E-state index in [0.717, 1.165) is 17.9 Å². The van der Waals surface area contributed by atoms with Gasteiger partial charge in [-0.05, 0) is 51.6 Å².